The standard InChI is InChI=1S/C25H39ClN4O2/c1-19(2)28-14-16-29(17-15-28)22-11-7-10-21(26)23(22)27-24(31)30-13-12-25(3,18-30)32-20-8-5-4-6-9-20/h7,10-11,19-20H,4-6,8-9,12-18H2,1-3H3,(H,27,31). The van der Waals surface area contributed by atoms with Crippen molar-refractivity contribution in [1.29, 1.82) is 0 Å². The molecule has 32 heavy (non-hydrogen) atoms. The van der Waals surface area contributed by atoms with E-state index in [1.807, 2.05) is 17.0 Å². The van der Waals surface area contributed by atoms with E-state index in [0.717, 1.165) is 56.8 Å². The minimum Gasteiger partial charge on any atom is -0.370 e. The zero-order valence-corrected chi connectivity index (χ0v) is 20.7. The third-order valence-corrected chi connectivity index (χ3v) is 7.65. The normalized spacial score (nSPS) is 25.5. The van der Waals surface area contributed by atoms with Crippen molar-refractivity contribution in [2.75, 3.05) is 49.5 Å². The Morgan fingerprint density at radius 1 is 1.12 bits per heavy atom. The van der Waals surface area contributed by atoms with Crippen molar-refractivity contribution in [3.63, 3.8) is 0 Å². The quantitative estimate of drug-likeness (QED) is 0.652. The molecule has 2 saturated heterocycles. The molecule has 1 unspecified atom stereocenters. The van der Waals surface area contributed by atoms with Gasteiger partial charge in [0.05, 0.1) is 34.6 Å². The number of nitrogens with one attached hydrogen (secondary N) is 1. The van der Waals surface area contributed by atoms with E-state index in [9.17, 15) is 4.79 Å². The third-order valence-electron chi connectivity index (χ3n) is 7.34. The molecule has 7 heteroatoms. The van der Waals surface area contributed by atoms with E-state index in [4.69, 9.17) is 16.3 Å². The second-order valence-corrected chi connectivity index (χ2v) is 10.6. The zero-order chi connectivity index (χ0) is 22.7. The number of likely N-dealkylation sites (tertiary alicyclic amines) is 1. The summed E-state index contributed by atoms with van der Waals surface area (Å²) < 4.78 is 6.48. The van der Waals surface area contributed by atoms with Crippen molar-refractivity contribution in [3.8, 4) is 0 Å². The second kappa shape index (κ2) is 10.2. The van der Waals surface area contributed by atoms with Crippen LogP contribution in [-0.2, 0) is 4.74 Å². The molecule has 0 radical (unpaired) electrons. The van der Waals surface area contributed by atoms with Crippen LogP contribution < -0.4 is 10.2 Å². The van der Waals surface area contributed by atoms with E-state index < -0.39 is 0 Å². The van der Waals surface area contributed by atoms with Gasteiger partial charge in [-0.1, -0.05) is 36.9 Å². The number of halogens is 1. The number of piperazine rings is 1. The number of nitrogens with zero attached hydrogens (tertiary/aromatic N) is 3. The van der Waals surface area contributed by atoms with Crippen molar-refractivity contribution in [2.24, 2.45) is 0 Å². The fourth-order valence-electron chi connectivity index (χ4n) is 5.35. The molecule has 1 N–H and O–H groups in total. The molecule has 3 aliphatic rings. The molecule has 3 fully saturated rings. The highest BCUT2D eigenvalue weighted by molar-refractivity contribution is 6.34. The first kappa shape index (κ1) is 23.7. The van der Waals surface area contributed by atoms with Crippen LogP contribution in [0.3, 0.4) is 0 Å². The number of anilines is 2. The molecule has 1 aromatic rings. The maximum absolute atomic E-state index is 13.2. The molecule has 6 nitrogen and oxygen atoms in total. The largest absolute Gasteiger partial charge is 0.370 e. The van der Waals surface area contributed by atoms with E-state index in [2.05, 4.69) is 42.0 Å². The maximum Gasteiger partial charge on any atom is 0.322 e. The number of carbonyl (C=O) groups excluding carboxylic acids is 1. The minimum atomic E-state index is -0.254. The molecule has 1 saturated carbocycles. The van der Waals surface area contributed by atoms with Gasteiger partial charge in [0.15, 0.2) is 0 Å². The Hall–Kier alpha value is -1.50. The van der Waals surface area contributed by atoms with Gasteiger partial charge in [-0.3, -0.25) is 4.90 Å². The summed E-state index contributed by atoms with van der Waals surface area (Å²) in [6.45, 7) is 11.9. The highest BCUT2D eigenvalue weighted by Crippen LogP contribution is 2.36. The summed E-state index contributed by atoms with van der Waals surface area (Å²) in [6.07, 6.45) is 7.35. The van der Waals surface area contributed by atoms with Crippen molar-refractivity contribution in [1.82, 2.24) is 9.80 Å². The monoisotopic (exact) mass is 462 g/mol. The predicted molar refractivity (Wildman–Crippen MR) is 132 cm³/mol. The predicted octanol–water partition coefficient (Wildman–Crippen LogP) is 5.22. The maximum atomic E-state index is 13.2. The van der Waals surface area contributed by atoms with Crippen LogP contribution in [0.1, 0.15) is 59.3 Å². The molecule has 1 aromatic carbocycles. The van der Waals surface area contributed by atoms with Gasteiger partial charge < -0.3 is 19.9 Å². The van der Waals surface area contributed by atoms with Gasteiger partial charge in [0.2, 0.25) is 0 Å². The molecule has 2 amide bonds. The van der Waals surface area contributed by atoms with Crippen molar-refractivity contribution in [2.45, 2.75) is 77.0 Å². The molecular weight excluding hydrogens is 424 g/mol. The average molecular weight is 463 g/mol. The molecular formula is C25H39ClN4O2. The van der Waals surface area contributed by atoms with Crippen LogP contribution in [0.5, 0.6) is 0 Å². The topological polar surface area (TPSA) is 48.0 Å². The summed E-state index contributed by atoms with van der Waals surface area (Å²) in [5.41, 5.74) is 1.48. The number of urea groups is 1. The van der Waals surface area contributed by atoms with Crippen LogP contribution in [-0.4, -0.2) is 72.8 Å². The zero-order valence-electron chi connectivity index (χ0n) is 19.9. The summed E-state index contributed by atoms with van der Waals surface area (Å²) in [7, 11) is 0. The van der Waals surface area contributed by atoms with Gasteiger partial charge in [0, 0.05) is 38.8 Å². The molecule has 2 aliphatic heterocycles. The van der Waals surface area contributed by atoms with E-state index in [0.29, 0.717) is 30.3 Å². The molecule has 0 aromatic heterocycles. The number of hydrogen-bond acceptors (Lipinski definition) is 4. The van der Waals surface area contributed by atoms with Crippen LogP contribution in [0, 0.1) is 0 Å². The number of para-hydroxylation sites is 1. The lowest BCUT2D eigenvalue weighted by Crippen LogP contribution is -2.49. The van der Waals surface area contributed by atoms with Crippen LogP contribution >= 0.6 is 11.6 Å². The number of amides is 2. The Bertz CT molecular complexity index is 790. The molecule has 0 bridgehead atoms. The summed E-state index contributed by atoms with van der Waals surface area (Å²) in [6, 6.07) is 6.35. The smallest absolute Gasteiger partial charge is 0.322 e. The Labute approximate surface area is 198 Å². The number of carbonyl (C=O) groups is 1. The van der Waals surface area contributed by atoms with E-state index in [-0.39, 0.29) is 11.6 Å². The Morgan fingerprint density at radius 3 is 2.53 bits per heavy atom. The van der Waals surface area contributed by atoms with Crippen LogP contribution in [0.4, 0.5) is 16.2 Å². The lowest BCUT2D eigenvalue weighted by atomic mass is 9.96. The molecule has 178 valence electrons. The summed E-state index contributed by atoms with van der Waals surface area (Å²) >= 11 is 6.57. The third kappa shape index (κ3) is 5.52. The summed E-state index contributed by atoms with van der Waals surface area (Å²) in [5.74, 6) is 0. The molecule has 0 spiro atoms. The minimum absolute atomic E-state index is 0.0869. The lowest BCUT2D eigenvalue weighted by Gasteiger charge is -2.39. The number of ether oxygens (including phenoxy) is 1. The van der Waals surface area contributed by atoms with E-state index in [1.165, 1.54) is 19.3 Å². The van der Waals surface area contributed by atoms with Crippen molar-refractivity contribution < 1.29 is 9.53 Å². The molecule has 1 atom stereocenters. The van der Waals surface area contributed by atoms with Crippen LogP contribution in [0.15, 0.2) is 18.2 Å². The van der Waals surface area contributed by atoms with E-state index >= 15 is 0 Å². The van der Waals surface area contributed by atoms with Gasteiger partial charge in [-0.15, -0.1) is 0 Å². The van der Waals surface area contributed by atoms with Gasteiger partial charge in [-0.05, 0) is 52.2 Å². The van der Waals surface area contributed by atoms with Crippen molar-refractivity contribution in [3.05, 3.63) is 23.2 Å². The number of benzene rings is 1. The first-order valence-corrected chi connectivity index (χ1v) is 12.7. The summed E-state index contributed by atoms with van der Waals surface area (Å²) in [4.78, 5) is 19.9. The SMILES string of the molecule is CC(C)N1CCN(c2cccc(Cl)c2NC(=O)N2CCC(C)(OC3CCCCC3)C2)CC1. The Morgan fingerprint density at radius 2 is 1.84 bits per heavy atom. The fraction of sp³-hybridized carbons (Fsp3) is 0.720. The van der Waals surface area contributed by atoms with Gasteiger partial charge in [0.1, 0.15) is 0 Å². The molecule has 2 heterocycles. The highest BCUT2D eigenvalue weighted by atomic mass is 35.5. The highest BCUT2D eigenvalue weighted by Gasteiger charge is 2.39. The van der Waals surface area contributed by atoms with Gasteiger partial charge >= 0.3 is 6.03 Å². The second-order valence-electron chi connectivity index (χ2n) is 10.2. The van der Waals surface area contributed by atoms with Gasteiger partial charge in [0.25, 0.3) is 0 Å². The lowest BCUT2D eigenvalue weighted by molar-refractivity contribution is -0.0862. The molecule has 4 rings (SSSR count). The average Bonchev–Trinajstić information content (AvgIpc) is 3.17. The van der Waals surface area contributed by atoms with Gasteiger partial charge in [-0.2, -0.15) is 0 Å². The van der Waals surface area contributed by atoms with Crippen LogP contribution in [0.25, 0.3) is 0 Å². The Balaban J connectivity index is 1.39. The van der Waals surface area contributed by atoms with Gasteiger partial charge in [-0.25, -0.2) is 4.79 Å². The molecule has 1 aliphatic carbocycles. The first-order chi connectivity index (χ1) is 15.3. The fourth-order valence-corrected chi connectivity index (χ4v) is 5.57. The number of rotatable bonds is 5. The van der Waals surface area contributed by atoms with Crippen molar-refractivity contribution >= 4 is 29.0 Å². The first-order valence-electron chi connectivity index (χ1n) is 12.4. The summed E-state index contributed by atoms with van der Waals surface area (Å²) in [5, 5.41) is 3.72. The number of hydrogen-bond donors (Lipinski definition) is 1. The Kier molecular flexibility index (Phi) is 7.53. The van der Waals surface area contributed by atoms with Crippen LogP contribution in [0.2, 0.25) is 5.02 Å². The van der Waals surface area contributed by atoms with E-state index in [1.54, 1.807) is 0 Å².